The normalized spacial score (nSPS) is 13.6. The third-order valence-electron chi connectivity index (χ3n) is 4.44. The van der Waals surface area contributed by atoms with Crippen LogP contribution >= 0.6 is 0 Å². The van der Waals surface area contributed by atoms with Crippen LogP contribution in [0.15, 0.2) is 59.5 Å². The summed E-state index contributed by atoms with van der Waals surface area (Å²) in [6, 6.07) is 12.0. The summed E-state index contributed by atoms with van der Waals surface area (Å²) in [5, 5.41) is 21.7. The van der Waals surface area contributed by atoms with Crippen molar-refractivity contribution in [1.29, 1.82) is 0 Å². The van der Waals surface area contributed by atoms with Crippen LogP contribution in [0.5, 0.6) is 0 Å². The fourth-order valence-electron chi connectivity index (χ4n) is 2.99. The number of nitrogens with one attached hydrogen (secondary N) is 2. The minimum absolute atomic E-state index is 0.0537. The number of hydrogen-bond donors (Lipinski definition) is 4. The van der Waals surface area contributed by atoms with E-state index in [-0.39, 0.29) is 29.3 Å². The van der Waals surface area contributed by atoms with Crippen molar-refractivity contribution in [2.75, 3.05) is 4.72 Å². The van der Waals surface area contributed by atoms with E-state index in [1.165, 1.54) is 18.2 Å². The number of carboxylic acids is 2. The molecule has 0 aliphatic heterocycles. The van der Waals surface area contributed by atoms with Crippen LogP contribution in [0.1, 0.15) is 25.8 Å². The minimum atomic E-state index is -3.86. The predicted octanol–water partition coefficient (Wildman–Crippen LogP) is 2.57. The molecule has 2 aromatic rings. The predicted molar refractivity (Wildman–Crippen MR) is 113 cm³/mol. The highest BCUT2D eigenvalue weighted by Crippen LogP contribution is 2.22. The van der Waals surface area contributed by atoms with Gasteiger partial charge in [-0.1, -0.05) is 50.2 Å². The summed E-state index contributed by atoms with van der Waals surface area (Å²) in [5.41, 5.74) is 0.677. The van der Waals surface area contributed by atoms with Crippen molar-refractivity contribution in [1.82, 2.24) is 5.32 Å². The summed E-state index contributed by atoms with van der Waals surface area (Å²) in [7, 11) is -3.86. The first kappa shape index (κ1) is 23.4. The lowest BCUT2D eigenvalue weighted by Gasteiger charge is -2.22. The van der Waals surface area contributed by atoms with Crippen molar-refractivity contribution >= 4 is 27.6 Å². The molecule has 0 amide bonds. The molecule has 0 fully saturated rings. The highest BCUT2D eigenvalue weighted by Gasteiger charge is 2.28. The van der Waals surface area contributed by atoms with Crippen molar-refractivity contribution in [3.8, 4) is 0 Å². The standard InChI is InChI=1S/C21H26N2O6S/c1-14(2)12-18(20(24)25)22-19(21(26)27)13-15-8-6-7-11-17(15)23-30(28,29)16-9-4-3-5-10-16/h3-11,14,18-19,22-23H,12-13H2,1-2H3,(H,24,25)(H,26,27). The molecule has 0 bridgehead atoms. The Morgan fingerprint density at radius 2 is 1.47 bits per heavy atom. The summed E-state index contributed by atoms with van der Waals surface area (Å²) in [5.74, 6) is -2.29. The Bertz CT molecular complexity index is 976. The van der Waals surface area contributed by atoms with Crippen LogP contribution in [0.25, 0.3) is 0 Å². The Morgan fingerprint density at radius 3 is 2.03 bits per heavy atom. The van der Waals surface area contributed by atoms with Crippen LogP contribution in [0.2, 0.25) is 0 Å². The molecule has 30 heavy (non-hydrogen) atoms. The van der Waals surface area contributed by atoms with E-state index in [0.29, 0.717) is 5.56 Å². The Labute approximate surface area is 176 Å². The molecule has 2 atom stereocenters. The number of hydrogen-bond acceptors (Lipinski definition) is 5. The van der Waals surface area contributed by atoms with Gasteiger partial charge in [0.1, 0.15) is 12.1 Å². The molecule has 8 nitrogen and oxygen atoms in total. The van der Waals surface area contributed by atoms with Crippen molar-refractivity contribution in [2.24, 2.45) is 5.92 Å². The molecular weight excluding hydrogens is 408 g/mol. The highest BCUT2D eigenvalue weighted by atomic mass is 32.2. The van der Waals surface area contributed by atoms with Gasteiger partial charge in [-0.15, -0.1) is 0 Å². The number of sulfonamides is 1. The summed E-state index contributed by atoms with van der Waals surface area (Å²) in [6.07, 6.45) is 0.173. The van der Waals surface area contributed by atoms with Crippen LogP contribution < -0.4 is 10.0 Å². The molecule has 0 radical (unpaired) electrons. The molecule has 0 aromatic heterocycles. The van der Waals surface area contributed by atoms with Gasteiger partial charge in [0, 0.05) is 6.42 Å². The molecule has 4 N–H and O–H groups in total. The molecule has 0 aliphatic carbocycles. The first-order valence-corrected chi connectivity index (χ1v) is 11.0. The van der Waals surface area contributed by atoms with E-state index in [4.69, 9.17) is 0 Å². The van der Waals surface area contributed by atoms with E-state index in [0.717, 1.165) is 0 Å². The summed E-state index contributed by atoms with van der Waals surface area (Å²) < 4.78 is 27.8. The SMILES string of the molecule is CC(C)CC(NC(Cc1ccccc1NS(=O)(=O)c1ccccc1)C(=O)O)C(=O)O. The Kier molecular flexibility index (Phi) is 7.96. The van der Waals surface area contributed by atoms with Crippen LogP contribution in [0.3, 0.4) is 0 Å². The molecule has 0 saturated heterocycles. The van der Waals surface area contributed by atoms with Gasteiger partial charge in [-0.05, 0) is 36.1 Å². The van der Waals surface area contributed by atoms with Crippen LogP contribution in [-0.4, -0.2) is 42.7 Å². The monoisotopic (exact) mass is 434 g/mol. The second kappa shape index (κ2) is 10.2. The number of carbonyl (C=O) groups is 2. The fraction of sp³-hybridized carbons (Fsp3) is 0.333. The quantitative estimate of drug-likeness (QED) is 0.427. The summed E-state index contributed by atoms with van der Waals surface area (Å²) in [6.45, 7) is 3.70. The van der Waals surface area contributed by atoms with E-state index in [2.05, 4.69) is 10.0 Å². The lowest BCUT2D eigenvalue weighted by molar-refractivity contribution is -0.142. The molecule has 0 spiro atoms. The molecule has 0 aliphatic rings. The lowest BCUT2D eigenvalue weighted by Crippen LogP contribution is -2.48. The number of para-hydroxylation sites is 1. The molecule has 2 unspecified atom stereocenters. The van der Waals surface area contributed by atoms with Gasteiger partial charge in [0.2, 0.25) is 0 Å². The lowest BCUT2D eigenvalue weighted by atomic mass is 10.00. The fourth-order valence-corrected chi connectivity index (χ4v) is 4.11. The Morgan fingerprint density at radius 1 is 0.900 bits per heavy atom. The number of carboxylic acid groups (broad SMARTS) is 2. The first-order valence-electron chi connectivity index (χ1n) is 9.47. The zero-order valence-corrected chi connectivity index (χ0v) is 17.6. The molecular formula is C21H26N2O6S. The first-order chi connectivity index (χ1) is 14.1. The van der Waals surface area contributed by atoms with E-state index < -0.39 is 34.0 Å². The average molecular weight is 435 g/mol. The molecule has 2 rings (SSSR count). The van der Waals surface area contributed by atoms with Gasteiger partial charge in [-0.2, -0.15) is 0 Å². The third-order valence-corrected chi connectivity index (χ3v) is 5.83. The smallest absolute Gasteiger partial charge is 0.321 e. The maximum absolute atomic E-state index is 12.6. The minimum Gasteiger partial charge on any atom is -0.480 e. The van der Waals surface area contributed by atoms with Crippen molar-refractivity contribution in [3.63, 3.8) is 0 Å². The van der Waals surface area contributed by atoms with Crippen LogP contribution in [0, 0.1) is 5.92 Å². The van der Waals surface area contributed by atoms with E-state index in [9.17, 15) is 28.2 Å². The number of rotatable bonds is 11. The number of benzene rings is 2. The van der Waals surface area contributed by atoms with Gasteiger partial charge in [0.05, 0.1) is 10.6 Å². The van der Waals surface area contributed by atoms with Crippen molar-refractivity contribution < 1.29 is 28.2 Å². The zero-order chi connectivity index (χ0) is 22.3. The second-order valence-electron chi connectivity index (χ2n) is 7.36. The highest BCUT2D eigenvalue weighted by molar-refractivity contribution is 7.92. The Hall–Kier alpha value is -2.91. The van der Waals surface area contributed by atoms with Gasteiger partial charge < -0.3 is 10.2 Å². The number of anilines is 1. The third kappa shape index (κ3) is 6.57. The van der Waals surface area contributed by atoms with Crippen molar-refractivity contribution in [3.05, 3.63) is 60.2 Å². The van der Waals surface area contributed by atoms with Gasteiger partial charge in [-0.25, -0.2) is 8.42 Å². The maximum Gasteiger partial charge on any atom is 0.321 e. The molecule has 9 heteroatoms. The number of aliphatic carboxylic acids is 2. The van der Waals surface area contributed by atoms with Crippen molar-refractivity contribution in [2.45, 2.75) is 43.7 Å². The van der Waals surface area contributed by atoms with Crippen LogP contribution in [0.4, 0.5) is 5.69 Å². The average Bonchev–Trinajstić information content (AvgIpc) is 2.68. The molecule has 0 saturated carbocycles. The molecule has 2 aromatic carbocycles. The second-order valence-corrected chi connectivity index (χ2v) is 9.04. The van der Waals surface area contributed by atoms with E-state index in [1.807, 2.05) is 13.8 Å². The topological polar surface area (TPSA) is 133 Å². The summed E-state index contributed by atoms with van der Waals surface area (Å²) in [4.78, 5) is 23.4. The van der Waals surface area contributed by atoms with Gasteiger partial charge in [0.15, 0.2) is 0 Å². The van der Waals surface area contributed by atoms with E-state index >= 15 is 0 Å². The van der Waals surface area contributed by atoms with Crippen LogP contribution in [-0.2, 0) is 26.0 Å². The van der Waals surface area contributed by atoms with Gasteiger partial charge in [-0.3, -0.25) is 19.6 Å². The zero-order valence-electron chi connectivity index (χ0n) is 16.8. The van der Waals surface area contributed by atoms with Gasteiger partial charge >= 0.3 is 11.9 Å². The summed E-state index contributed by atoms with van der Waals surface area (Å²) >= 11 is 0. The molecule has 0 heterocycles. The molecule has 162 valence electrons. The van der Waals surface area contributed by atoms with E-state index in [1.54, 1.807) is 36.4 Å². The largest absolute Gasteiger partial charge is 0.480 e. The van der Waals surface area contributed by atoms with Gasteiger partial charge in [0.25, 0.3) is 10.0 Å². The Balaban J connectivity index is 2.26. The maximum atomic E-state index is 12.6.